The zero-order chi connectivity index (χ0) is 35.1. The van der Waals surface area contributed by atoms with Crippen LogP contribution in [0.2, 0.25) is 0 Å². The summed E-state index contributed by atoms with van der Waals surface area (Å²) < 4.78 is 34.4. The first kappa shape index (κ1) is 33.1. The first-order chi connectivity index (χ1) is 24.8. The molecule has 5 aromatic rings. The fourth-order valence-corrected chi connectivity index (χ4v) is 7.64. The van der Waals surface area contributed by atoms with Gasteiger partial charge in [-0.05, 0) is 50.7 Å². The number of anilines is 2. The number of fused-ring (bicyclic) bond motifs is 1. The molecular formula is C36H41F2N11O2. The third-order valence-corrected chi connectivity index (χ3v) is 10.7. The van der Waals surface area contributed by atoms with E-state index in [1.54, 1.807) is 42.3 Å². The molecule has 3 fully saturated rings. The van der Waals surface area contributed by atoms with Crippen LogP contribution < -0.4 is 10.6 Å². The van der Waals surface area contributed by atoms with Gasteiger partial charge in [0.2, 0.25) is 11.8 Å². The van der Waals surface area contributed by atoms with Gasteiger partial charge in [0, 0.05) is 87.7 Å². The molecule has 0 spiro atoms. The van der Waals surface area contributed by atoms with Crippen LogP contribution in [-0.2, 0) is 9.59 Å². The van der Waals surface area contributed by atoms with E-state index in [9.17, 15) is 18.4 Å². The van der Waals surface area contributed by atoms with Crippen molar-refractivity contribution in [2.45, 2.75) is 63.5 Å². The Hall–Kier alpha value is -5.02. The maximum absolute atomic E-state index is 14.7. The molecule has 0 saturated carbocycles. The van der Waals surface area contributed by atoms with E-state index in [-0.39, 0.29) is 23.3 Å². The van der Waals surface area contributed by atoms with Crippen LogP contribution in [0.1, 0.15) is 67.7 Å². The van der Waals surface area contributed by atoms with Gasteiger partial charge >= 0.3 is 0 Å². The van der Waals surface area contributed by atoms with Crippen molar-refractivity contribution in [2.75, 3.05) is 44.6 Å². The highest BCUT2D eigenvalue weighted by atomic mass is 19.1. The van der Waals surface area contributed by atoms with Crippen molar-refractivity contribution >= 4 is 29.0 Å². The Morgan fingerprint density at radius 1 is 0.843 bits per heavy atom. The molecule has 1 unspecified atom stereocenters. The topological polar surface area (TPSA) is 131 Å². The lowest BCUT2D eigenvalue weighted by Gasteiger charge is -2.36. The third kappa shape index (κ3) is 6.87. The Labute approximate surface area is 293 Å². The Morgan fingerprint density at radius 2 is 1.53 bits per heavy atom. The number of hydrogen-bond acceptors (Lipinski definition) is 9. The lowest BCUT2D eigenvalue weighted by Crippen LogP contribution is -2.42. The molecule has 8 rings (SSSR count). The van der Waals surface area contributed by atoms with Crippen LogP contribution in [-0.4, -0.2) is 94.8 Å². The number of halogens is 2. The Morgan fingerprint density at radius 3 is 2.24 bits per heavy atom. The van der Waals surface area contributed by atoms with Crippen LogP contribution in [0.4, 0.5) is 20.3 Å². The normalized spacial score (nSPS) is 19.9. The Kier molecular flexibility index (Phi) is 9.06. The van der Waals surface area contributed by atoms with Crippen molar-refractivity contribution in [3.63, 3.8) is 0 Å². The summed E-state index contributed by atoms with van der Waals surface area (Å²) in [5.74, 6) is -1.44. The summed E-state index contributed by atoms with van der Waals surface area (Å²) >= 11 is 0. The van der Waals surface area contributed by atoms with Gasteiger partial charge in [0.1, 0.15) is 11.6 Å². The Balaban J connectivity index is 0.804. The molecule has 3 aliphatic heterocycles. The van der Waals surface area contributed by atoms with Crippen molar-refractivity contribution in [3.05, 3.63) is 78.3 Å². The minimum atomic E-state index is -0.654. The summed E-state index contributed by atoms with van der Waals surface area (Å²) in [5, 5.41) is 15.0. The van der Waals surface area contributed by atoms with Crippen LogP contribution in [0.25, 0.3) is 16.9 Å². The molecule has 13 nitrogen and oxygen atoms in total. The molecule has 3 saturated heterocycles. The predicted octanol–water partition coefficient (Wildman–Crippen LogP) is 4.61. The first-order valence-electron chi connectivity index (χ1n) is 17.7. The molecule has 266 valence electrons. The van der Waals surface area contributed by atoms with Crippen LogP contribution in [0.5, 0.6) is 0 Å². The van der Waals surface area contributed by atoms with Gasteiger partial charge in [0.05, 0.1) is 48.0 Å². The second kappa shape index (κ2) is 13.9. The number of rotatable bonds is 9. The van der Waals surface area contributed by atoms with Gasteiger partial charge in [-0.15, -0.1) is 0 Å². The third-order valence-electron chi connectivity index (χ3n) is 10.7. The van der Waals surface area contributed by atoms with E-state index in [0.717, 1.165) is 82.3 Å². The van der Waals surface area contributed by atoms with Crippen molar-refractivity contribution < 1.29 is 18.4 Å². The smallest absolute Gasteiger partial charge is 0.234 e. The number of carbonyl (C=O) groups excluding carboxylic acids is 2. The van der Waals surface area contributed by atoms with Crippen molar-refractivity contribution in [3.8, 4) is 11.3 Å². The standard InChI is InChI=1S/C36H41F2N11O2/c1-23-16-29(31(38)17-30(23)37)32-20-40-34(35-39-8-13-47(32)35)43-25-19-42-49(22-25)27-6-11-46(12-7-27)15-14-45-9-4-26(5-10-45)48-21-24(18-41-48)28-2-3-33(50)44-36(28)51/h8,13,16-22,26-28H,2-7,9-12,14-15H2,1H3,(H,40,43)(H,44,50,51). The number of benzene rings is 1. The number of hydrogen-bond donors (Lipinski definition) is 2. The average molecular weight is 698 g/mol. The quantitative estimate of drug-likeness (QED) is 0.212. The summed E-state index contributed by atoms with van der Waals surface area (Å²) in [6.45, 7) is 7.73. The highest BCUT2D eigenvalue weighted by Gasteiger charge is 2.30. The second-order valence-electron chi connectivity index (χ2n) is 13.9. The monoisotopic (exact) mass is 697 g/mol. The minimum Gasteiger partial charge on any atom is -0.335 e. The van der Waals surface area contributed by atoms with Crippen molar-refractivity contribution in [2.24, 2.45) is 0 Å². The van der Waals surface area contributed by atoms with Crippen LogP contribution in [0.15, 0.2) is 55.5 Å². The van der Waals surface area contributed by atoms with Gasteiger partial charge in [-0.25, -0.2) is 18.7 Å². The molecule has 2 amide bonds. The van der Waals surface area contributed by atoms with Crippen molar-refractivity contribution in [1.82, 2.24) is 49.0 Å². The molecule has 3 aliphatic rings. The SMILES string of the molecule is Cc1cc(-c2cnc(Nc3cnn(C4CCN(CCN5CCC(n6cc(C7CCC(=O)NC7=O)cn6)CC5)CC4)c3)c3nccn23)c(F)cc1F. The summed E-state index contributed by atoms with van der Waals surface area (Å²) in [4.78, 5) is 37.9. The molecular weight excluding hydrogens is 656 g/mol. The summed E-state index contributed by atoms with van der Waals surface area (Å²) in [6, 6.07) is 3.01. The van der Waals surface area contributed by atoms with Gasteiger partial charge in [0.15, 0.2) is 11.5 Å². The fourth-order valence-electron chi connectivity index (χ4n) is 7.64. The van der Waals surface area contributed by atoms with E-state index in [2.05, 4.69) is 40.6 Å². The molecule has 51 heavy (non-hydrogen) atoms. The largest absolute Gasteiger partial charge is 0.335 e. The maximum Gasteiger partial charge on any atom is 0.234 e. The highest BCUT2D eigenvalue weighted by Crippen LogP contribution is 2.31. The van der Waals surface area contributed by atoms with E-state index in [1.807, 2.05) is 21.8 Å². The zero-order valence-electron chi connectivity index (χ0n) is 28.5. The molecule has 7 heterocycles. The molecule has 1 atom stereocenters. The molecule has 0 bridgehead atoms. The molecule has 15 heteroatoms. The molecule has 4 aromatic heterocycles. The lowest BCUT2D eigenvalue weighted by atomic mass is 9.93. The molecule has 1 aromatic carbocycles. The van der Waals surface area contributed by atoms with Crippen LogP contribution >= 0.6 is 0 Å². The van der Waals surface area contributed by atoms with Crippen LogP contribution in [0.3, 0.4) is 0 Å². The number of aryl methyl sites for hydroxylation is 1. The maximum atomic E-state index is 14.7. The molecule has 0 radical (unpaired) electrons. The zero-order valence-corrected chi connectivity index (χ0v) is 28.5. The number of carbonyl (C=O) groups is 2. The molecule has 0 aliphatic carbocycles. The van der Waals surface area contributed by atoms with E-state index >= 15 is 0 Å². The van der Waals surface area contributed by atoms with Crippen LogP contribution in [0, 0.1) is 18.6 Å². The summed E-state index contributed by atoms with van der Waals surface area (Å²) in [7, 11) is 0. The van der Waals surface area contributed by atoms with E-state index < -0.39 is 11.6 Å². The summed E-state index contributed by atoms with van der Waals surface area (Å²) in [6.07, 6.45) is 17.5. The Bertz CT molecular complexity index is 2060. The average Bonchev–Trinajstić information content (AvgIpc) is 3.92. The number of nitrogens with zero attached hydrogens (tertiary/aromatic N) is 9. The number of imidazole rings is 1. The highest BCUT2D eigenvalue weighted by molar-refractivity contribution is 6.00. The van der Waals surface area contributed by atoms with Gasteiger partial charge in [-0.2, -0.15) is 10.2 Å². The van der Waals surface area contributed by atoms with Crippen molar-refractivity contribution in [1.29, 1.82) is 0 Å². The number of likely N-dealkylation sites (tertiary alicyclic amines) is 2. The minimum absolute atomic E-state index is 0.197. The predicted molar refractivity (Wildman–Crippen MR) is 185 cm³/mol. The van der Waals surface area contributed by atoms with Gasteiger partial charge in [0.25, 0.3) is 0 Å². The first-order valence-corrected chi connectivity index (χ1v) is 17.7. The van der Waals surface area contributed by atoms with Gasteiger partial charge in [-0.1, -0.05) is 0 Å². The number of imide groups is 1. The van der Waals surface area contributed by atoms with Gasteiger partial charge in [-0.3, -0.25) is 28.7 Å². The van der Waals surface area contributed by atoms with Gasteiger partial charge < -0.3 is 15.1 Å². The van der Waals surface area contributed by atoms with E-state index in [1.165, 1.54) is 6.07 Å². The summed E-state index contributed by atoms with van der Waals surface area (Å²) in [5.41, 5.74) is 3.30. The van der Waals surface area contributed by atoms with E-state index in [4.69, 9.17) is 0 Å². The number of amides is 2. The lowest BCUT2D eigenvalue weighted by molar-refractivity contribution is -0.134. The molecule has 2 N–H and O–H groups in total. The number of nitrogens with one attached hydrogen (secondary N) is 2. The number of piperidine rings is 3. The number of aromatic nitrogens is 7. The fraction of sp³-hybridized carbons (Fsp3) is 0.444. The second-order valence-corrected chi connectivity index (χ2v) is 13.9. The van der Waals surface area contributed by atoms with E-state index in [0.29, 0.717) is 47.6 Å².